The number of rotatable bonds is 7. The molecule has 1 heterocycles. The van der Waals surface area contributed by atoms with Gasteiger partial charge in [-0.25, -0.2) is 10.2 Å². The Balaban J connectivity index is 1.93. The minimum Gasteiger partial charge on any atom is -0.445 e. The lowest BCUT2D eigenvalue weighted by molar-refractivity contribution is -0.142. The molecule has 8 heteroatoms. The zero-order valence-corrected chi connectivity index (χ0v) is 16.2. The van der Waals surface area contributed by atoms with Crippen molar-refractivity contribution in [1.82, 2.24) is 16.2 Å². The molecule has 1 fully saturated rings. The Bertz CT molecular complexity index is 705. The van der Waals surface area contributed by atoms with Gasteiger partial charge in [-0.05, 0) is 24.3 Å². The fourth-order valence-corrected chi connectivity index (χ4v) is 3.03. The average molecular weight is 389 g/mol. The van der Waals surface area contributed by atoms with Crippen LogP contribution in [-0.2, 0) is 25.7 Å². The first-order chi connectivity index (χ1) is 13.4. The van der Waals surface area contributed by atoms with Crippen LogP contribution in [-0.4, -0.2) is 36.2 Å². The Morgan fingerprint density at radius 3 is 2.61 bits per heavy atom. The average Bonchev–Trinajstić information content (AvgIpc) is 2.68. The lowest BCUT2D eigenvalue weighted by atomic mass is 9.87. The van der Waals surface area contributed by atoms with E-state index in [0.29, 0.717) is 19.4 Å². The summed E-state index contributed by atoms with van der Waals surface area (Å²) in [4.78, 5) is 48.8. The van der Waals surface area contributed by atoms with Crippen LogP contribution in [0, 0.1) is 11.8 Å². The van der Waals surface area contributed by atoms with Gasteiger partial charge in [-0.2, -0.15) is 0 Å². The zero-order valence-electron chi connectivity index (χ0n) is 16.2. The Morgan fingerprint density at radius 2 is 1.93 bits per heavy atom. The van der Waals surface area contributed by atoms with Gasteiger partial charge < -0.3 is 10.1 Å². The first kappa shape index (κ1) is 21.6. The molecule has 0 spiro atoms. The van der Waals surface area contributed by atoms with Crippen molar-refractivity contribution >= 4 is 23.6 Å². The number of ketones is 2. The number of benzene rings is 1. The van der Waals surface area contributed by atoms with E-state index in [9.17, 15) is 19.2 Å². The molecule has 2 rings (SSSR count). The van der Waals surface area contributed by atoms with E-state index in [0.717, 1.165) is 5.56 Å². The molecule has 2 amide bonds. The number of hydrogen-bond donors (Lipinski definition) is 3. The zero-order chi connectivity index (χ0) is 20.5. The van der Waals surface area contributed by atoms with E-state index in [2.05, 4.69) is 16.2 Å². The third-order valence-corrected chi connectivity index (χ3v) is 4.60. The molecule has 0 aromatic heterocycles. The number of carbonyl (C=O) groups is 4. The predicted molar refractivity (Wildman–Crippen MR) is 102 cm³/mol. The maximum atomic E-state index is 12.7. The first-order valence-electron chi connectivity index (χ1n) is 9.45. The van der Waals surface area contributed by atoms with E-state index in [1.54, 1.807) is 13.8 Å². The van der Waals surface area contributed by atoms with Crippen LogP contribution in [0.3, 0.4) is 0 Å². The highest BCUT2D eigenvalue weighted by atomic mass is 16.5. The second-order valence-corrected chi connectivity index (χ2v) is 7.18. The smallest absolute Gasteiger partial charge is 0.408 e. The van der Waals surface area contributed by atoms with Crippen molar-refractivity contribution in [2.24, 2.45) is 11.8 Å². The maximum Gasteiger partial charge on any atom is 0.408 e. The second-order valence-electron chi connectivity index (χ2n) is 7.18. The third kappa shape index (κ3) is 6.45. The number of amides is 2. The van der Waals surface area contributed by atoms with Crippen molar-refractivity contribution in [2.75, 3.05) is 6.54 Å². The SMILES string of the molecule is CC(C)C(NC(=O)OCc1ccccc1)C(=O)CC1CCCNNC(=O)C1=O. The van der Waals surface area contributed by atoms with Crippen LogP contribution < -0.4 is 16.2 Å². The van der Waals surface area contributed by atoms with Crippen LogP contribution in [0.4, 0.5) is 4.79 Å². The molecular weight excluding hydrogens is 362 g/mol. The van der Waals surface area contributed by atoms with E-state index >= 15 is 0 Å². The monoisotopic (exact) mass is 389 g/mol. The van der Waals surface area contributed by atoms with Crippen molar-refractivity contribution in [3.05, 3.63) is 35.9 Å². The largest absolute Gasteiger partial charge is 0.445 e. The number of Topliss-reactive ketones (excluding diaryl/α,β-unsaturated/α-hetero) is 2. The number of hydrazine groups is 1. The lowest BCUT2D eigenvalue weighted by Gasteiger charge is -2.24. The molecule has 0 saturated carbocycles. The predicted octanol–water partition coefficient (Wildman–Crippen LogP) is 1.50. The van der Waals surface area contributed by atoms with Crippen LogP contribution in [0.5, 0.6) is 0 Å². The summed E-state index contributed by atoms with van der Waals surface area (Å²) in [6, 6.07) is 8.42. The first-order valence-corrected chi connectivity index (χ1v) is 9.45. The molecule has 1 aliphatic rings. The van der Waals surface area contributed by atoms with Gasteiger partial charge in [0, 0.05) is 18.9 Å². The molecule has 0 aliphatic carbocycles. The molecule has 0 radical (unpaired) electrons. The highest BCUT2D eigenvalue weighted by Crippen LogP contribution is 2.18. The summed E-state index contributed by atoms with van der Waals surface area (Å²) in [7, 11) is 0. The van der Waals surface area contributed by atoms with E-state index in [1.165, 1.54) is 0 Å². The molecule has 2 atom stereocenters. The summed E-state index contributed by atoms with van der Waals surface area (Å²) < 4.78 is 5.18. The van der Waals surface area contributed by atoms with Crippen LogP contribution in [0.1, 0.15) is 38.7 Å². The van der Waals surface area contributed by atoms with Crippen molar-refractivity contribution in [2.45, 2.75) is 45.8 Å². The van der Waals surface area contributed by atoms with Crippen LogP contribution in [0.2, 0.25) is 0 Å². The summed E-state index contributed by atoms with van der Waals surface area (Å²) >= 11 is 0. The van der Waals surface area contributed by atoms with Gasteiger partial charge >= 0.3 is 12.0 Å². The number of carbonyl (C=O) groups excluding carboxylic acids is 4. The Labute approximate surface area is 164 Å². The lowest BCUT2D eigenvalue weighted by Crippen LogP contribution is -2.48. The Hall–Kier alpha value is -2.74. The minimum absolute atomic E-state index is 0.0892. The summed E-state index contributed by atoms with van der Waals surface area (Å²) in [5.41, 5.74) is 5.81. The van der Waals surface area contributed by atoms with Gasteiger partial charge in [0.05, 0.1) is 6.04 Å². The van der Waals surface area contributed by atoms with Gasteiger partial charge in [0.1, 0.15) is 6.61 Å². The van der Waals surface area contributed by atoms with Crippen LogP contribution in [0.25, 0.3) is 0 Å². The number of alkyl carbamates (subject to hydrolysis) is 1. The fourth-order valence-electron chi connectivity index (χ4n) is 3.03. The molecular formula is C20H27N3O5. The topological polar surface area (TPSA) is 114 Å². The van der Waals surface area contributed by atoms with Gasteiger partial charge in [0.15, 0.2) is 5.78 Å². The van der Waals surface area contributed by atoms with E-state index in [1.807, 2.05) is 30.3 Å². The van der Waals surface area contributed by atoms with Crippen molar-refractivity contribution < 1.29 is 23.9 Å². The molecule has 1 aliphatic heterocycles. The second kappa shape index (κ2) is 10.6. The van der Waals surface area contributed by atoms with E-state index in [-0.39, 0.29) is 24.7 Å². The van der Waals surface area contributed by atoms with Crippen LogP contribution in [0.15, 0.2) is 30.3 Å². The van der Waals surface area contributed by atoms with Gasteiger partial charge in [-0.3, -0.25) is 19.8 Å². The number of ether oxygens (including phenoxy) is 1. The summed E-state index contributed by atoms with van der Waals surface area (Å²) in [5, 5.41) is 2.60. The molecule has 152 valence electrons. The van der Waals surface area contributed by atoms with Crippen molar-refractivity contribution in [3.8, 4) is 0 Å². The van der Waals surface area contributed by atoms with Gasteiger partial charge in [-0.15, -0.1) is 0 Å². The van der Waals surface area contributed by atoms with Gasteiger partial charge in [0.2, 0.25) is 5.78 Å². The number of nitrogens with one attached hydrogen (secondary N) is 3. The highest BCUT2D eigenvalue weighted by Gasteiger charge is 2.32. The molecule has 28 heavy (non-hydrogen) atoms. The van der Waals surface area contributed by atoms with E-state index in [4.69, 9.17) is 4.74 Å². The van der Waals surface area contributed by atoms with Crippen molar-refractivity contribution in [1.29, 1.82) is 0 Å². The minimum atomic E-state index is -0.789. The molecule has 2 unspecified atom stereocenters. The molecule has 3 N–H and O–H groups in total. The Kier molecular flexibility index (Phi) is 8.13. The summed E-state index contributed by atoms with van der Waals surface area (Å²) in [5.74, 6) is -2.51. The normalized spacial score (nSPS) is 18.6. The standard InChI is InChI=1S/C20H27N3O5/c1-13(2)17(22-20(27)28-12-14-7-4-3-5-8-14)16(24)11-15-9-6-10-21-23-19(26)18(15)25/h3-5,7-8,13,15,17,21H,6,9-12H2,1-2H3,(H,22,27)(H,23,26). The molecule has 8 nitrogen and oxygen atoms in total. The summed E-state index contributed by atoms with van der Waals surface area (Å²) in [6.07, 6.45) is 0.312. The third-order valence-electron chi connectivity index (χ3n) is 4.60. The van der Waals surface area contributed by atoms with Crippen molar-refractivity contribution in [3.63, 3.8) is 0 Å². The summed E-state index contributed by atoms with van der Waals surface area (Å²) in [6.45, 7) is 4.23. The van der Waals surface area contributed by atoms with E-state index < -0.39 is 29.7 Å². The molecule has 1 saturated heterocycles. The van der Waals surface area contributed by atoms with Crippen LogP contribution >= 0.6 is 0 Å². The molecule has 0 bridgehead atoms. The molecule has 1 aromatic carbocycles. The van der Waals surface area contributed by atoms with Gasteiger partial charge in [-0.1, -0.05) is 44.2 Å². The fraction of sp³-hybridized carbons (Fsp3) is 0.500. The Morgan fingerprint density at radius 1 is 1.21 bits per heavy atom. The molecule has 1 aromatic rings. The quantitative estimate of drug-likeness (QED) is 0.609. The number of hydrogen-bond acceptors (Lipinski definition) is 6. The highest BCUT2D eigenvalue weighted by molar-refractivity contribution is 6.37. The van der Waals surface area contributed by atoms with Gasteiger partial charge in [0.25, 0.3) is 0 Å². The maximum absolute atomic E-state index is 12.7.